The second-order valence-corrected chi connectivity index (χ2v) is 3.65. The van der Waals surface area contributed by atoms with Gasteiger partial charge in [-0.25, -0.2) is 4.79 Å². The maximum Gasteiger partial charge on any atom is 0.341 e. The van der Waals surface area contributed by atoms with E-state index in [-0.39, 0.29) is 18.2 Å². The lowest BCUT2D eigenvalue weighted by Crippen LogP contribution is -2.16. The Morgan fingerprint density at radius 2 is 2.27 bits per heavy atom. The summed E-state index contributed by atoms with van der Waals surface area (Å²) in [7, 11) is 0. The van der Waals surface area contributed by atoms with E-state index in [9.17, 15) is 4.79 Å². The van der Waals surface area contributed by atoms with E-state index < -0.39 is 0 Å². The van der Waals surface area contributed by atoms with E-state index in [4.69, 9.17) is 14.3 Å². The van der Waals surface area contributed by atoms with Crippen molar-refractivity contribution in [2.75, 3.05) is 0 Å². The Balaban J connectivity index is 2.32. The fourth-order valence-corrected chi connectivity index (χ4v) is 1.17. The standard InChI is InChI=1S/C11H16O4/c1-8(12)3-4-9(2)15-11(13)10-5-6-14-7-10/h5-9,12H,3-4H2,1-2H3. The van der Waals surface area contributed by atoms with Crippen molar-refractivity contribution in [3.63, 3.8) is 0 Å². The number of ether oxygens (including phenoxy) is 1. The first kappa shape index (κ1) is 11.8. The molecule has 2 atom stereocenters. The molecule has 0 aliphatic carbocycles. The van der Waals surface area contributed by atoms with Gasteiger partial charge in [0.25, 0.3) is 0 Å². The van der Waals surface area contributed by atoms with Gasteiger partial charge in [-0.3, -0.25) is 0 Å². The third-order valence-corrected chi connectivity index (χ3v) is 2.06. The molecule has 4 nitrogen and oxygen atoms in total. The summed E-state index contributed by atoms with van der Waals surface area (Å²) in [6, 6.07) is 1.56. The van der Waals surface area contributed by atoms with Crippen LogP contribution in [0.1, 0.15) is 37.0 Å². The first-order chi connectivity index (χ1) is 7.09. The fraction of sp³-hybridized carbons (Fsp3) is 0.545. The molecule has 0 amide bonds. The molecule has 0 radical (unpaired) electrons. The van der Waals surface area contributed by atoms with Crippen molar-refractivity contribution in [2.45, 2.75) is 38.9 Å². The van der Waals surface area contributed by atoms with Crippen LogP contribution in [0.2, 0.25) is 0 Å². The number of carbonyl (C=O) groups excluding carboxylic acids is 1. The van der Waals surface area contributed by atoms with Gasteiger partial charge in [0.1, 0.15) is 6.26 Å². The quantitative estimate of drug-likeness (QED) is 0.758. The third kappa shape index (κ3) is 4.16. The van der Waals surface area contributed by atoms with Gasteiger partial charge in [-0.05, 0) is 32.8 Å². The lowest BCUT2D eigenvalue weighted by atomic mass is 10.1. The Morgan fingerprint density at radius 3 is 2.80 bits per heavy atom. The number of esters is 1. The molecular weight excluding hydrogens is 196 g/mol. The molecule has 1 heterocycles. The van der Waals surface area contributed by atoms with Crippen LogP contribution in [-0.4, -0.2) is 23.3 Å². The first-order valence-corrected chi connectivity index (χ1v) is 5.01. The largest absolute Gasteiger partial charge is 0.472 e. The van der Waals surface area contributed by atoms with E-state index in [0.717, 1.165) is 0 Å². The van der Waals surface area contributed by atoms with Crippen LogP contribution in [0.5, 0.6) is 0 Å². The lowest BCUT2D eigenvalue weighted by molar-refractivity contribution is 0.0289. The van der Waals surface area contributed by atoms with Gasteiger partial charge < -0.3 is 14.3 Å². The minimum absolute atomic E-state index is 0.193. The van der Waals surface area contributed by atoms with E-state index >= 15 is 0 Å². The monoisotopic (exact) mass is 212 g/mol. The van der Waals surface area contributed by atoms with Crippen LogP contribution in [0.25, 0.3) is 0 Å². The van der Waals surface area contributed by atoms with Crippen LogP contribution in [0.3, 0.4) is 0 Å². The van der Waals surface area contributed by atoms with E-state index in [1.165, 1.54) is 12.5 Å². The predicted molar refractivity (Wildman–Crippen MR) is 54.5 cm³/mol. The number of hydrogen-bond acceptors (Lipinski definition) is 4. The van der Waals surface area contributed by atoms with Crippen LogP contribution in [0.15, 0.2) is 23.0 Å². The van der Waals surface area contributed by atoms with Crippen LogP contribution in [0.4, 0.5) is 0 Å². The van der Waals surface area contributed by atoms with E-state index in [2.05, 4.69) is 0 Å². The zero-order valence-electron chi connectivity index (χ0n) is 8.97. The molecule has 0 aliphatic rings. The van der Waals surface area contributed by atoms with Gasteiger partial charge in [-0.15, -0.1) is 0 Å². The van der Waals surface area contributed by atoms with Gasteiger partial charge in [0.05, 0.1) is 24.0 Å². The molecule has 2 unspecified atom stereocenters. The summed E-state index contributed by atoms with van der Waals surface area (Å²) in [6.45, 7) is 3.52. The molecule has 1 rings (SSSR count). The third-order valence-electron chi connectivity index (χ3n) is 2.06. The van der Waals surface area contributed by atoms with Crippen molar-refractivity contribution in [2.24, 2.45) is 0 Å². The molecule has 0 aromatic carbocycles. The number of hydrogen-bond donors (Lipinski definition) is 1. The van der Waals surface area contributed by atoms with Crippen LogP contribution >= 0.6 is 0 Å². The van der Waals surface area contributed by atoms with Gasteiger partial charge in [-0.1, -0.05) is 0 Å². The molecule has 1 aromatic rings. The number of aliphatic hydroxyl groups is 1. The maximum atomic E-state index is 11.4. The van der Waals surface area contributed by atoms with Gasteiger partial charge in [0, 0.05) is 0 Å². The molecule has 0 saturated heterocycles. The maximum absolute atomic E-state index is 11.4. The summed E-state index contributed by atoms with van der Waals surface area (Å²) < 4.78 is 9.91. The van der Waals surface area contributed by atoms with Crippen LogP contribution < -0.4 is 0 Å². The Labute approximate surface area is 88.8 Å². The summed E-state index contributed by atoms with van der Waals surface area (Å²) in [5, 5.41) is 9.06. The SMILES string of the molecule is CC(O)CCC(C)OC(=O)c1ccoc1. The second-order valence-electron chi connectivity index (χ2n) is 3.65. The van der Waals surface area contributed by atoms with E-state index in [0.29, 0.717) is 18.4 Å². The normalized spacial score (nSPS) is 14.6. The highest BCUT2D eigenvalue weighted by Crippen LogP contribution is 2.09. The summed E-state index contributed by atoms with van der Waals surface area (Å²) in [5.41, 5.74) is 0.416. The highest BCUT2D eigenvalue weighted by atomic mass is 16.5. The van der Waals surface area contributed by atoms with Crippen molar-refractivity contribution in [1.29, 1.82) is 0 Å². The topological polar surface area (TPSA) is 59.7 Å². The Hall–Kier alpha value is -1.29. The highest BCUT2D eigenvalue weighted by Gasteiger charge is 2.13. The highest BCUT2D eigenvalue weighted by molar-refractivity contribution is 5.88. The average molecular weight is 212 g/mol. The number of aliphatic hydroxyl groups excluding tert-OH is 1. The van der Waals surface area contributed by atoms with Crippen LogP contribution in [0, 0.1) is 0 Å². The Morgan fingerprint density at radius 1 is 1.53 bits per heavy atom. The first-order valence-electron chi connectivity index (χ1n) is 5.01. The molecule has 1 aromatic heterocycles. The van der Waals surface area contributed by atoms with Crippen molar-refractivity contribution in [3.8, 4) is 0 Å². The molecule has 1 N–H and O–H groups in total. The predicted octanol–water partition coefficient (Wildman–Crippen LogP) is 1.99. The molecule has 0 fully saturated rings. The van der Waals surface area contributed by atoms with Gasteiger partial charge in [0.2, 0.25) is 0 Å². The molecular formula is C11H16O4. The van der Waals surface area contributed by atoms with Gasteiger partial charge >= 0.3 is 5.97 Å². The average Bonchev–Trinajstić information content (AvgIpc) is 2.67. The molecule has 0 bridgehead atoms. The fourth-order valence-electron chi connectivity index (χ4n) is 1.17. The molecule has 84 valence electrons. The lowest BCUT2D eigenvalue weighted by Gasteiger charge is -2.13. The summed E-state index contributed by atoms with van der Waals surface area (Å²) in [5.74, 6) is -0.387. The zero-order chi connectivity index (χ0) is 11.3. The molecule has 0 spiro atoms. The van der Waals surface area contributed by atoms with Gasteiger partial charge in [0.15, 0.2) is 0 Å². The Kier molecular flexibility index (Phi) is 4.37. The van der Waals surface area contributed by atoms with Crippen molar-refractivity contribution in [1.82, 2.24) is 0 Å². The molecule has 15 heavy (non-hydrogen) atoms. The zero-order valence-corrected chi connectivity index (χ0v) is 8.97. The minimum atomic E-state index is -0.387. The molecule has 0 saturated carbocycles. The van der Waals surface area contributed by atoms with E-state index in [1.807, 2.05) is 0 Å². The molecule has 0 aliphatic heterocycles. The van der Waals surface area contributed by atoms with Gasteiger partial charge in [-0.2, -0.15) is 0 Å². The minimum Gasteiger partial charge on any atom is -0.472 e. The number of rotatable bonds is 5. The number of furan rings is 1. The summed E-state index contributed by atoms with van der Waals surface area (Å²) in [6.07, 6.45) is 3.50. The smallest absolute Gasteiger partial charge is 0.341 e. The second kappa shape index (κ2) is 5.56. The van der Waals surface area contributed by atoms with Crippen LogP contribution in [-0.2, 0) is 4.74 Å². The van der Waals surface area contributed by atoms with Crippen molar-refractivity contribution >= 4 is 5.97 Å². The molecule has 4 heteroatoms. The summed E-state index contributed by atoms with van der Waals surface area (Å²) >= 11 is 0. The Bertz CT molecular complexity index is 290. The van der Waals surface area contributed by atoms with Crippen molar-refractivity contribution < 1.29 is 19.1 Å². The van der Waals surface area contributed by atoms with E-state index in [1.54, 1.807) is 19.9 Å². The number of carbonyl (C=O) groups is 1. The van der Waals surface area contributed by atoms with Crippen molar-refractivity contribution in [3.05, 3.63) is 24.2 Å². The summed E-state index contributed by atoms with van der Waals surface area (Å²) in [4.78, 5) is 11.4.